The second kappa shape index (κ2) is 9.79. The van der Waals surface area contributed by atoms with Gasteiger partial charge in [-0.1, -0.05) is 0 Å². The van der Waals surface area contributed by atoms with E-state index in [0.717, 1.165) is 12.4 Å². The van der Waals surface area contributed by atoms with Gasteiger partial charge in [-0.15, -0.1) is 24.0 Å². The summed E-state index contributed by atoms with van der Waals surface area (Å²) in [6.45, 7) is 5.06. The van der Waals surface area contributed by atoms with E-state index in [1.54, 1.807) is 18.9 Å². The Morgan fingerprint density at radius 1 is 1.16 bits per heavy atom. The minimum atomic E-state index is -4.13. The van der Waals surface area contributed by atoms with Gasteiger partial charge in [0.15, 0.2) is 5.96 Å². The van der Waals surface area contributed by atoms with Gasteiger partial charge in [0.1, 0.15) is 0 Å². The summed E-state index contributed by atoms with van der Waals surface area (Å²) in [6.07, 6.45) is -3.37. The number of hydrogen-bond donors (Lipinski definition) is 1. The molecule has 10 heteroatoms. The molecule has 2 rings (SSSR count). The summed E-state index contributed by atoms with van der Waals surface area (Å²) in [4.78, 5) is 21.0. The van der Waals surface area contributed by atoms with Crippen molar-refractivity contribution in [2.24, 2.45) is 10.9 Å². The van der Waals surface area contributed by atoms with Gasteiger partial charge in [-0.3, -0.25) is 14.7 Å². The highest BCUT2D eigenvalue weighted by Gasteiger charge is 2.34. The fourth-order valence-electron chi connectivity index (χ4n) is 3.28. The smallest absolute Gasteiger partial charge is 0.356 e. The SMILES string of the molecule is CN=C(NCC1CCN(CC(F)(F)F)C1)N1CCN(C(C)=O)CC1.I. The first kappa shape index (κ1) is 22.3. The van der Waals surface area contributed by atoms with Crippen LogP contribution in [0.1, 0.15) is 13.3 Å². The molecule has 2 saturated heterocycles. The Morgan fingerprint density at radius 2 is 1.76 bits per heavy atom. The summed E-state index contributed by atoms with van der Waals surface area (Å²) < 4.78 is 37.3. The number of likely N-dealkylation sites (tertiary alicyclic amines) is 1. The summed E-state index contributed by atoms with van der Waals surface area (Å²) in [5.41, 5.74) is 0. The Kier molecular flexibility index (Phi) is 8.72. The predicted molar refractivity (Wildman–Crippen MR) is 101 cm³/mol. The number of aliphatic imine (C=N–C) groups is 1. The normalized spacial score (nSPS) is 22.8. The number of hydrogen-bond acceptors (Lipinski definition) is 3. The zero-order valence-electron chi connectivity index (χ0n) is 14.7. The third-order valence-corrected chi connectivity index (χ3v) is 4.56. The molecule has 0 saturated carbocycles. The predicted octanol–water partition coefficient (Wildman–Crippen LogP) is 1.23. The Morgan fingerprint density at radius 3 is 2.28 bits per heavy atom. The average molecular weight is 477 g/mol. The largest absolute Gasteiger partial charge is 0.401 e. The van der Waals surface area contributed by atoms with Crippen molar-refractivity contribution in [1.82, 2.24) is 20.0 Å². The van der Waals surface area contributed by atoms with E-state index in [0.29, 0.717) is 45.8 Å². The summed E-state index contributed by atoms with van der Waals surface area (Å²) in [6, 6.07) is 0. The monoisotopic (exact) mass is 477 g/mol. The fraction of sp³-hybridized carbons (Fsp3) is 0.867. The van der Waals surface area contributed by atoms with E-state index in [2.05, 4.69) is 15.2 Å². The molecule has 0 aromatic heterocycles. The van der Waals surface area contributed by atoms with E-state index >= 15 is 0 Å². The lowest BCUT2D eigenvalue weighted by Crippen LogP contribution is -2.54. The van der Waals surface area contributed by atoms with Gasteiger partial charge in [0.2, 0.25) is 5.91 Å². The lowest BCUT2D eigenvalue weighted by atomic mass is 10.1. The first-order chi connectivity index (χ1) is 11.3. The molecule has 146 valence electrons. The second-order valence-electron chi connectivity index (χ2n) is 6.43. The average Bonchev–Trinajstić information content (AvgIpc) is 2.93. The molecule has 1 amide bonds. The van der Waals surface area contributed by atoms with Gasteiger partial charge in [0.05, 0.1) is 6.54 Å². The van der Waals surface area contributed by atoms with Gasteiger partial charge in [-0.25, -0.2) is 0 Å². The topological polar surface area (TPSA) is 51.2 Å². The molecule has 25 heavy (non-hydrogen) atoms. The quantitative estimate of drug-likeness (QED) is 0.378. The van der Waals surface area contributed by atoms with E-state index in [1.165, 1.54) is 4.90 Å². The Balaban J connectivity index is 0.00000312. The molecule has 0 spiro atoms. The van der Waals surface area contributed by atoms with Crippen LogP contribution >= 0.6 is 24.0 Å². The van der Waals surface area contributed by atoms with Gasteiger partial charge < -0.3 is 15.1 Å². The maximum absolute atomic E-state index is 12.4. The van der Waals surface area contributed by atoms with Crippen LogP contribution in [0, 0.1) is 5.92 Å². The number of halogens is 4. The maximum Gasteiger partial charge on any atom is 0.401 e. The molecule has 0 bridgehead atoms. The van der Waals surface area contributed by atoms with Crippen molar-refractivity contribution in [3.63, 3.8) is 0 Å². The zero-order chi connectivity index (χ0) is 17.7. The lowest BCUT2D eigenvalue weighted by Gasteiger charge is -2.36. The third kappa shape index (κ3) is 7.16. The molecule has 1 atom stereocenters. The van der Waals surface area contributed by atoms with Crippen LogP contribution in [-0.4, -0.2) is 92.1 Å². The number of nitrogens with one attached hydrogen (secondary N) is 1. The summed E-state index contributed by atoms with van der Waals surface area (Å²) in [7, 11) is 1.70. The minimum absolute atomic E-state index is 0. The highest BCUT2D eigenvalue weighted by atomic mass is 127. The Bertz CT molecular complexity index is 467. The summed E-state index contributed by atoms with van der Waals surface area (Å²) >= 11 is 0. The van der Waals surface area contributed by atoms with Crippen LogP contribution in [-0.2, 0) is 4.79 Å². The first-order valence-corrected chi connectivity index (χ1v) is 8.28. The van der Waals surface area contributed by atoms with Crippen molar-refractivity contribution in [1.29, 1.82) is 0 Å². The van der Waals surface area contributed by atoms with E-state index in [-0.39, 0.29) is 35.8 Å². The van der Waals surface area contributed by atoms with Gasteiger partial charge in [0, 0.05) is 53.2 Å². The van der Waals surface area contributed by atoms with Crippen molar-refractivity contribution in [3.8, 4) is 0 Å². The number of rotatable bonds is 3. The molecule has 0 aromatic carbocycles. The highest BCUT2D eigenvalue weighted by molar-refractivity contribution is 14.0. The lowest BCUT2D eigenvalue weighted by molar-refractivity contribution is -0.143. The van der Waals surface area contributed by atoms with Crippen LogP contribution in [0.4, 0.5) is 13.2 Å². The first-order valence-electron chi connectivity index (χ1n) is 8.28. The Hall–Kier alpha value is -0.780. The van der Waals surface area contributed by atoms with Gasteiger partial charge in [-0.2, -0.15) is 13.2 Å². The van der Waals surface area contributed by atoms with Crippen LogP contribution in [0.25, 0.3) is 0 Å². The molecular formula is C15H27F3IN5O. The van der Waals surface area contributed by atoms with E-state index in [9.17, 15) is 18.0 Å². The number of guanidine groups is 1. The van der Waals surface area contributed by atoms with Crippen molar-refractivity contribution in [3.05, 3.63) is 0 Å². The van der Waals surface area contributed by atoms with Crippen LogP contribution in [0.15, 0.2) is 4.99 Å². The molecule has 2 heterocycles. The molecular weight excluding hydrogens is 450 g/mol. The molecule has 2 aliphatic rings. The molecule has 2 fully saturated rings. The van der Waals surface area contributed by atoms with Crippen molar-refractivity contribution in [2.75, 3.05) is 59.4 Å². The number of alkyl halides is 3. The number of piperazine rings is 1. The van der Waals surface area contributed by atoms with Crippen LogP contribution in [0.2, 0.25) is 0 Å². The van der Waals surface area contributed by atoms with Crippen LogP contribution in [0.5, 0.6) is 0 Å². The van der Waals surface area contributed by atoms with E-state index < -0.39 is 12.7 Å². The molecule has 0 radical (unpaired) electrons. The van der Waals surface area contributed by atoms with Crippen molar-refractivity contribution >= 4 is 35.8 Å². The Labute approximate surface area is 163 Å². The van der Waals surface area contributed by atoms with E-state index in [4.69, 9.17) is 0 Å². The van der Waals surface area contributed by atoms with Gasteiger partial charge >= 0.3 is 6.18 Å². The third-order valence-electron chi connectivity index (χ3n) is 4.56. The highest BCUT2D eigenvalue weighted by Crippen LogP contribution is 2.22. The number of nitrogens with zero attached hydrogens (tertiary/aromatic N) is 4. The molecule has 1 N–H and O–H groups in total. The number of amides is 1. The van der Waals surface area contributed by atoms with Crippen LogP contribution in [0.3, 0.4) is 0 Å². The maximum atomic E-state index is 12.4. The summed E-state index contributed by atoms with van der Waals surface area (Å²) in [5, 5.41) is 3.27. The fourth-order valence-corrected chi connectivity index (χ4v) is 3.28. The van der Waals surface area contributed by atoms with Gasteiger partial charge in [-0.05, 0) is 18.9 Å². The molecule has 0 aromatic rings. The molecule has 6 nitrogen and oxygen atoms in total. The minimum Gasteiger partial charge on any atom is -0.356 e. The standard InChI is InChI=1S/C15H26F3N5O.HI/c1-12(24)22-5-7-23(8-6-22)14(19-2)20-9-13-3-4-21(10-13)11-15(16,17)18;/h13H,3-11H2,1-2H3,(H,19,20);1H. The number of carbonyl (C=O) groups excluding carboxylic acids is 1. The zero-order valence-corrected chi connectivity index (χ0v) is 17.0. The molecule has 1 unspecified atom stereocenters. The van der Waals surface area contributed by atoms with Gasteiger partial charge in [0.25, 0.3) is 0 Å². The van der Waals surface area contributed by atoms with Crippen molar-refractivity contribution < 1.29 is 18.0 Å². The van der Waals surface area contributed by atoms with E-state index in [1.807, 2.05) is 0 Å². The summed E-state index contributed by atoms with van der Waals surface area (Å²) in [5.74, 6) is 1.03. The van der Waals surface area contributed by atoms with Crippen LogP contribution < -0.4 is 5.32 Å². The molecule has 0 aliphatic carbocycles. The van der Waals surface area contributed by atoms with Crippen molar-refractivity contribution in [2.45, 2.75) is 19.5 Å². The number of carbonyl (C=O) groups is 1. The second-order valence-corrected chi connectivity index (χ2v) is 6.43. The molecule has 2 aliphatic heterocycles.